The molecule has 0 unspecified atom stereocenters. The highest BCUT2D eigenvalue weighted by Gasteiger charge is 2.31. The van der Waals surface area contributed by atoms with Gasteiger partial charge in [-0.1, -0.05) is 43.2 Å². The Hall–Kier alpha value is -5.75. The summed E-state index contributed by atoms with van der Waals surface area (Å²) in [5, 5.41) is 18.5. The zero-order valence-corrected chi connectivity index (χ0v) is 39.6. The maximum atomic E-state index is 14.0. The first-order valence-electron chi connectivity index (χ1n) is 22.2. The summed E-state index contributed by atoms with van der Waals surface area (Å²) in [7, 11) is -4.62. The van der Waals surface area contributed by atoms with Crippen LogP contribution in [0.15, 0.2) is 89.5 Å². The predicted molar refractivity (Wildman–Crippen MR) is 255 cm³/mol. The van der Waals surface area contributed by atoms with Crippen molar-refractivity contribution >= 4 is 62.1 Å². The topological polar surface area (TPSA) is 195 Å². The van der Waals surface area contributed by atoms with Crippen molar-refractivity contribution < 1.29 is 37.1 Å². The summed E-state index contributed by atoms with van der Waals surface area (Å²) >= 11 is 6.25. The Morgan fingerprint density at radius 1 is 0.985 bits per heavy atom. The summed E-state index contributed by atoms with van der Waals surface area (Å²) in [6.07, 6.45) is 5.41. The van der Waals surface area contributed by atoms with E-state index in [1.807, 2.05) is 12.1 Å². The second-order valence-corrected chi connectivity index (χ2v) is 20.9. The molecule has 1 aliphatic carbocycles. The van der Waals surface area contributed by atoms with Crippen LogP contribution in [0.1, 0.15) is 82.6 Å². The van der Waals surface area contributed by atoms with Crippen LogP contribution in [0.5, 0.6) is 11.5 Å². The van der Waals surface area contributed by atoms with Gasteiger partial charge in [-0.3, -0.25) is 25.1 Å². The first kappa shape index (κ1) is 48.2. The zero-order valence-electron chi connectivity index (χ0n) is 38.0. The molecule has 3 aliphatic rings. The van der Waals surface area contributed by atoms with Crippen LogP contribution in [-0.2, 0) is 19.5 Å². The molecule has 0 radical (unpaired) electrons. The van der Waals surface area contributed by atoms with Crippen LogP contribution in [0.3, 0.4) is 0 Å². The number of amides is 2. The Labute approximate surface area is 391 Å². The molecule has 7 rings (SSSR count). The number of hydrogen-bond acceptors (Lipinski definition) is 13. The molecule has 1 aromatic heterocycles. The number of nitro benzene ring substituents is 1. The van der Waals surface area contributed by atoms with Crippen molar-refractivity contribution in [2.45, 2.75) is 77.2 Å². The van der Waals surface area contributed by atoms with Crippen LogP contribution < -0.4 is 25.0 Å². The number of pyridine rings is 1. The SMILES string of the molecule is CC1(C)CCC(CN2CCN(c3ccc(C(=O)NS(=O)(=O)c4ccc(NCC5CCOCC5)c([N+](=O)[O-])c4)c(Oc4ccnc(NC(=O)OC(C)(C)C)c4)c3)CC2)=C(c2ccc(Cl)cc2)C1. The summed E-state index contributed by atoms with van der Waals surface area (Å²) in [5.41, 5.74) is 3.82. The molecule has 2 saturated heterocycles. The van der Waals surface area contributed by atoms with Crippen LogP contribution in [0.25, 0.3) is 5.57 Å². The maximum Gasteiger partial charge on any atom is 0.413 e. The average molecular weight is 945 g/mol. The number of piperazine rings is 1. The molecule has 2 fully saturated rings. The lowest BCUT2D eigenvalue weighted by molar-refractivity contribution is -0.384. The van der Waals surface area contributed by atoms with Gasteiger partial charge in [0.15, 0.2) is 0 Å². The Morgan fingerprint density at radius 2 is 1.71 bits per heavy atom. The molecule has 66 heavy (non-hydrogen) atoms. The summed E-state index contributed by atoms with van der Waals surface area (Å²) in [4.78, 5) is 46.4. The minimum absolute atomic E-state index is 0.0262. The number of halogens is 1. The molecule has 16 nitrogen and oxygen atoms in total. The maximum absolute atomic E-state index is 14.0. The number of carbonyl (C=O) groups excluding carboxylic acids is 2. The second kappa shape index (κ2) is 20.4. The minimum Gasteiger partial charge on any atom is -0.456 e. The van der Waals surface area contributed by atoms with E-state index in [0.29, 0.717) is 37.9 Å². The standard InChI is InChI=1S/C48H58ClN7O9S/c1-47(2,3)65-46(58)52-44-27-37(15-19-50-44)64-43-26-36(55-22-20-54(21-23-55)31-34-14-18-48(4,5)29-40(34)33-6-8-35(49)9-7-33)10-12-39(43)45(57)53-66(61,62)38-11-13-41(42(28-38)56(59)60)51-30-32-16-24-63-25-17-32/h6-13,15,19,26-28,32,51H,14,16-18,20-25,29-31H2,1-5H3,(H,53,57)(H,50,52,58). The van der Waals surface area contributed by atoms with Gasteiger partial charge in [-0.25, -0.2) is 22.9 Å². The van der Waals surface area contributed by atoms with Gasteiger partial charge in [-0.2, -0.15) is 0 Å². The van der Waals surface area contributed by atoms with Crippen molar-refractivity contribution in [1.29, 1.82) is 0 Å². The molecule has 0 atom stereocenters. The van der Waals surface area contributed by atoms with E-state index in [2.05, 4.69) is 56.1 Å². The van der Waals surface area contributed by atoms with Gasteiger partial charge < -0.3 is 24.4 Å². The van der Waals surface area contributed by atoms with Crippen molar-refractivity contribution in [1.82, 2.24) is 14.6 Å². The van der Waals surface area contributed by atoms with Gasteiger partial charge >= 0.3 is 6.09 Å². The van der Waals surface area contributed by atoms with E-state index in [-0.39, 0.29) is 39.9 Å². The van der Waals surface area contributed by atoms with Gasteiger partial charge in [0, 0.05) is 87.6 Å². The molecule has 18 heteroatoms. The fourth-order valence-corrected chi connectivity index (χ4v) is 9.49. The van der Waals surface area contributed by atoms with Crippen molar-refractivity contribution in [3.63, 3.8) is 0 Å². The summed E-state index contributed by atoms with van der Waals surface area (Å²) in [5.74, 6) is -0.438. The van der Waals surface area contributed by atoms with E-state index in [4.69, 9.17) is 25.8 Å². The lowest BCUT2D eigenvalue weighted by atomic mass is 9.72. The smallest absolute Gasteiger partial charge is 0.413 e. The normalized spacial score (nSPS) is 17.2. The second-order valence-electron chi connectivity index (χ2n) is 18.8. The van der Waals surface area contributed by atoms with Gasteiger partial charge in [0.05, 0.1) is 15.4 Å². The number of carbonyl (C=O) groups is 2. The third kappa shape index (κ3) is 12.8. The van der Waals surface area contributed by atoms with Gasteiger partial charge in [0.2, 0.25) is 0 Å². The quantitative estimate of drug-likeness (QED) is 0.0800. The molecule has 3 heterocycles. The van der Waals surface area contributed by atoms with E-state index in [1.54, 1.807) is 32.9 Å². The van der Waals surface area contributed by atoms with Crippen LogP contribution in [0, 0.1) is 21.4 Å². The number of nitro groups is 1. The van der Waals surface area contributed by atoms with Gasteiger partial charge in [-0.05, 0) is 118 Å². The number of benzene rings is 3. The molecule has 0 saturated carbocycles. The first-order chi connectivity index (χ1) is 31.3. The molecular formula is C48H58ClN7O9S. The van der Waals surface area contributed by atoms with Crippen molar-refractivity contribution in [2.24, 2.45) is 11.3 Å². The van der Waals surface area contributed by atoms with E-state index >= 15 is 0 Å². The molecule has 0 bridgehead atoms. The van der Waals surface area contributed by atoms with Crippen LogP contribution in [0.2, 0.25) is 5.02 Å². The zero-order chi connectivity index (χ0) is 47.2. The number of allylic oxidation sites excluding steroid dienone is 1. The summed E-state index contributed by atoms with van der Waals surface area (Å²) < 4.78 is 46.7. The van der Waals surface area contributed by atoms with Crippen LogP contribution in [-0.4, -0.2) is 93.3 Å². The van der Waals surface area contributed by atoms with E-state index in [1.165, 1.54) is 53.2 Å². The van der Waals surface area contributed by atoms with Crippen molar-refractivity contribution in [3.05, 3.63) is 111 Å². The molecule has 2 amide bonds. The highest BCUT2D eigenvalue weighted by atomic mass is 35.5. The molecule has 3 aromatic carbocycles. The Morgan fingerprint density at radius 3 is 2.41 bits per heavy atom. The summed E-state index contributed by atoms with van der Waals surface area (Å²) in [6.45, 7) is 15.3. The van der Waals surface area contributed by atoms with Crippen LogP contribution in [0.4, 0.5) is 27.7 Å². The summed E-state index contributed by atoms with van der Waals surface area (Å²) in [6, 6.07) is 19.5. The largest absolute Gasteiger partial charge is 0.456 e. The van der Waals surface area contributed by atoms with Crippen LogP contribution >= 0.6 is 11.6 Å². The monoisotopic (exact) mass is 943 g/mol. The van der Waals surface area contributed by atoms with Gasteiger partial charge in [0.1, 0.15) is 28.6 Å². The highest BCUT2D eigenvalue weighted by molar-refractivity contribution is 7.90. The number of sulfonamides is 1. The molecule has 0 spiro atoms. The molecule has 3 N–H and O–H groups in total. The van der Waals surface area contributed by atoms with Gasteiger partial charge in [-0.15, -0.1) is 0 Å². The minimum atomic E-state index is -4.62. The lowest BCUT2D eigenvalue weighted by Gasteiger charge is -2.39. The van der Waals surface area contributed by atoms with E-state index < -0.39 is 43.1 Å². The Bertz CT molecular complexity index is 2570. The number of hydrogen-bond donors (Lipinski definition) is 3. The highest BCUT2D eigenvalue weighted by Crippen LogP contribution is 2.43. The third-order valence-corrected chi connectivity index (χ3v) is 13.5. The number of aromatic nitrogens is 1. The van der Waals surface area contributed by atoms with Crippen molar-refractivity contribution in [2.75, 3.05) is 68.0 Å². The number of anilines is 3. The molecule has 352 valence electrons. The molecule has 2 aliphatic heterocycles. The number of rotatable bonds is 14. The number of nitrogens with zero attached hydrogens (tertiary/aromatic N) is 4. The predicted octanol–water partition coefficient (Wildman–Crippen LogP) is 9.53. The average Bonchev–Trinajstić information content (AvgIpc) is 3.26. The fourth-order valence-electron chi connectivity index (χ4n) is 8.38. The molecule has 4 aromatic rings. The Balaban J connectivity index is 1.11. The van der Waals surface area contributed by atoms with Crippen molar-refractivity contribution in [3.8, 4) is 11.5 Å². The fraction of sp³-hybridized carbons (Fsp3) is 0.438. The van der Waals surface area contributed by atoms with E-state index in [9.17, 15) is 28.1 Å². The first-order valence-corrected chi connectivity index (χ1v) is 24.1. The number of nitrogens with one attached hydrogen (secondary N) is 3. The lowest BCUT2D eigenvalue weighted by Crippen LogP contribution is -2.47. The Kier molecular flexibility index (Phi) is 14.9. The van der Waals surface area contributed by atoms with E-state index in [0.717, 1.165) is 63.5 Å². The third-order valence-electron chi connectivity index (χ3n) is 12.0. The molecular weight excluding hydrogens is 886 g/mol. The van der Waals surface area contributed by atoms with Gasteiger partial charge in [0.25, 0.3) is 21.6 Å². The number of ether oxygens (including phenoxy) is 3.